The molecule has 0 aliphatic rings. The maximum absolute atomic E-state index is 10.3. The fourth-order valence-corrected chi connectivity index (χ4v) is 1.81. The first-order chi connectivity index (χ1) is 9.86. The zero-order valence-corrected chi connectivity index (χ0v) is 10.4. The summed E-state index contributed by atoms with van der Waals surface area (Å²) in [5.41, 5.74) is 2.08. The van der Waals surface area contributed by atoms with Crippen molar-refractivity contribution in [1.29, 1.82) is 0 Å². The van der Waals surface area contributed by atoms with Crippen molar-refractivity contribution in [2.24, 2.45) is 4.99 Å². The van der Waals surface area contributed by atoms with Crippen LogP contribution in [0, 0.1) is 0 Å². The van der Waals surface area contributed by atoms with Gasteiger partial charge in [0.25, 0.3) is 5.89 Å². The first-order valence-electron chi connectivity index (χ1n) is 5.94. The van der Waals surface area contributed by atoms with Crippen molar-refractivity contribution in [2.75, 3.05) is 0 Å². The fraction of sp³-hybridized carbons (Fsp3) is 0. The summed E-state index contributed by atoms with van der Waals surface area (Å²) in [6.45, 7) is 0. The number of hydrogen-bond donors (Lipinski definition) is 0. The number of benzene rings is 2. The van der Waals surface area contributed by atoms with Gasteiger partial charge in [-0.05, 0) is 18.2 Å². The zero-order chi connectivity index (χ0) is 13.8. The number of isocyanates is 1. The molecule has 0 bridgehead atoms. The van der Waals surface area contributed by atoms with Crippen molar-refractivity contribution in [3.8, 4) is 22.8 Å². The topological polar surface area (TPSA) is 68.3 Å². The van der Waals surface area contributed by atoms with Crippen LogP contribution in [0.1, 0.15) is 0 Å². The Balaban J connectivity index is 1.98. The van der Waals surface area contributed by atoms with Crippen LogP contribution < -0.4 is 0 Å². The molecule has 0 N–H and O–H groups in total. The summed E-state index contributed by atoms with van der Waals surface area (Å²) in [6, 6.07) is 16.5. The maximum Gasteiger partial charge on any atom is 0.258 e. The van der Waals surface area contributed by atoms with Crippen molar-refractivity contribution in [1.82, 2.24) is 10.1 Å². The molecule has 0 aliphatic heterocycles. The van der Waals surface area contributed by atoms with E-state index in [1.165, 1.54) is 6.08 Å². The van der Waals surface area contributed by atoms with Crippen molar-refractivity contribution in [2.45, 2.75) is 0 Å². The first kappa shape index (κ1) is 12.0. The number of aliphatic imine (C=N–C) groups is 1. The summed E-state index contributed by atoms with van der Waals surface area (Å²) in [5.74, 6) is 0.900. The molecule has 20 heavy (non-hydrogen) atoms. The molecule has 1 heterocycles. The van der Waals surface area contributed by atoms with Gasteiger partial charge in [0.15, 0.2) is 0 Å². The average molecular weight is 263 g/mol. The predicted molar refractivity (Wildman–Crippen MR) is 73.0 cm³/mol. The lowest BCUT2D eigenvalue weighted by Gasteiger charge is -1.94. The highest BCUT2D eigenvalue weighted by atomic mass is 16.5. The van der Waals surface area contributed by atoms with Gasteiger partial charge in [-0.3, -0.25) is 0 Å². The third-order valence-electron chi connectivity index (χ3n) is 2.73. The lowest BCUT2D eigenvalue weighted by Crippen LogP contribution is -1.80. The van der Waals surface area contributed by atoms with Crippen LogP contribution in [0.3, 0.4) is 0 Å². The molecule has 2 aromatic carbocycles. The highest BCUT2D eigenvalue weighted by Gasteiger charge is 2.10. The third-order valence-corrected chi connectivity index (χ3v) is 2.73. The van der Waals surface area contributed by atoms with Gasteiger partial charge in [0.1, 0.15) is 0 Å². The van der Waals surface area contributed by atoms with Crippen LogP contribution in [0.2, 0.25) is 0 Å². The number of rotatable bonds is 3. The van der Waals surface area contributed by atoms with Crippen molar-refractivity contribution < 1.29 is 9.32 Å². The smallest absolute Gasteiger partial charge is 0.258 e. The van der Waals surface area contributed by atoms with E-state index < -0.39 is 0 Å². The SMILES string of the molecule is O=C=Nc1cccc(-c2nc(-c3ccccc3)no2)c1. The summed E-state index contributed by atoms with van der Waals surface area (Å²) in [4.78, 5) is 18.2. The van der Waals surface area contributed by atoms with Crippen LogP contribution in [-0.4, -0.2) is 16.2 Å². The van der Waals surface area contributed by atoms with E-state index in [1.54, 1.807) is 18.2 Å². The summed E-state index contributed by atoms with van der Waals surface area (Å²) in [6.07, 6.45) is 1.50. The minimum absolute atomic E-state index is 0.381. The van der Waals surface area contributed by atoms with Crippen LogP contribution in [0.15, 0.2) is 64.1 Å². The monoisotopic (exact) mass is 263 g/mol. The zero-order valence-electron chi connectivity index (χ0n) is 10.4. The lowest BCUT2D eigenvalue weighted by molar-refractivity contribution is 0.432. The summed E-state index contributed by atoms with van der Waals surface area (Å²) in [5, 5.41) is 3.94. The Morgan fingerprint density at radius 1 is 1.00 bits per heavy atom. The Morgan fingerprint density at radius 2 is 1.80 bits per heavy atom. The molecule has 0 aliphatic carbocycles. The van der Waals surface area contributed by atoms with Crippen LogP contribution in [-0.2, 0) is 4.79 Å². The largest absolute Gasteiger partial charge is 0.334 e. The molecular weight excluding hydrogens is 254 g/mol. The van der Waals surface area contributed by atoms with E-state index in [2.05, 4.69) is 15.1 Å². The Kier molecular flexibility index (Phi) is 3.18. The fourth-order valence-electron chi connectivity index (χ4n) is 1.81. The number of aromatic nitrogens is 2. The van der Waals surface area contributed by atoms with Gasteiger partial charge >= 0.3 is 0 Å². The number of nitrogens with zero attached hydrogens (tertiary/aromatic N) is 3. The molecule has 3 aromatic rings. The molecule has 1 aromatic heterocycles. The van der Waals surface area contributed by atoms with Crippen molar-refractivity contribution in [3.63, 3.8) is 0 Å². The highest BCUT2D eigenvalue weighted by molar-refractivity contribution is 5.63. The molecule has 0 spiro atoms. The highest BCUT2D eigenvalue weighted by Crippen LogP contribution is 2.24. The van der Waals surface area contributed by atoms with E-state index in [-0.39, 0.29) is 0 Å². The number of carbonyl (C=O) groups excluding carboxylic acids is 1. The molecule has 0 amide bonds. The molecule has 5 heteroatoms. The van der Waals surface area contributed by atoms with Crippen LogP contribution in [0.4, 0.5) is 5.69 Å². The van der Waals surface area contributed by atoms with Crippen LogP contribution in [0.5, 0.6) is 0 Å². The molecular formula is C15H9N3O2. The van der Waals surface area contributed by atoms with Gasteiger partial charge < -0.3 is 4.52 Å². The van der Waals surface area contributed by atoms with E-state index in [4.69, 9.17) is 4.52 Å². The molecule has 3 rings (SSSR count). The second kappa shape index (κ2) is 5.30. The van der Waals surface area contributed by atoms with Gasteiger partial charge in [0.05, 0.1) is 5.69 Å². The second-order valence-corrected chi connectivity index (χ2v) is 4.04. The summed E-state index contributed by atoms with van der Waals surface area (Å²) < 4.78 is 5.24. The Labute approximate surface area is 114 Å². The van der Waals surface area contributed by atoms with Crippen molar-refractivity contribution in [3.05, 3.63) is 54.6 Å². The van der Waals surface area contributed by atoms with Gasteiger partial charge in [-0.1, -0.05) is 41.6 Å². The van der Waals surface area contributed by atoms with E-state index in [0.29, 0.717) is 23.0 Å². The number of hydrogen-bond acceptors (Lipinski definition) is 5. The van der Waals surface area contributed by atoms with Gasteiger partial charge in [-0.15, -0.1) is 0 Å². The van der Waals surface area contributed by atoms with Gasteiger partial charge in [0.2, 0.25) is 11.9 Å². The van der Waals surface area contributed by atoms with Gasteiger partial charge in [-0.2, -0.15) is 9.98 Å². The predicted octanol–water partition coefficient (Wildman–Crippen LogP) is 3.37. The quantitative estimate of drug-likeness (QED) is 0.536. The molecule has 0 radical (unpaired) electrons. The lowest BCUT2D eigenvalue weighted by atomic mass is 10.2. The Morgan fingerprint density at radius 3 is 2.60 bits per heavy atom. The Bertz CT molecular complexity index is 775. The molecule has 5 nitrogen and oxygen atoms in total. The normalized spacial score (nSPS) is 10.0. The summed E-state index contributed by atoms with van der Waals surface area (Å²) >= 11 is 0. The van der Waals surface area contributed by atoms with E-state index >= 15 is 0 Å². The molecule has 0 atom stereocenters. The minimum Gasteiger partial charge on any atom is -0.334 e. The minimum atomic E-state index is 0.381. The molecule has 0 saturated carbocycles. The third kappa shape index (κ3) is 2.39. The molecule has 0 saturated heterocycles. The maximum atomic E-state index is 10.3. The van der Waals surface area contributed by atoms with Gasteiger partial charge in [-0.25, -0.2) is 4.79 Å². The van der Waals surface area contributed by atoms with E-state index in [1.807, 2.05) is 36.4 Å². The first-order valence-corrected chi connectivity index (χ1v) is 5.94. The van der Waals surface area contributed by atoms with Crippen molar-refractivity contribution >= 4 is 11.8 Å². The van der Waals surface area contributed by atoms with E-state index in [0.717, 1.165) is 5.56 Å². The van der Waals surface area contributed by atoms with Crippen LogP contribution in [0.25, 0.3) is 22.8 Å². The standard InChI is InChI=1S/C15H9N3O2/c19-10-16-13-8-4-7-12(9-13)15-17-14(18-20-15)11-5-2-1-3-6-11/h1-9H. The van der Waals surface area contributed by atoms with Gasteiger partial charge in [0, 0.05) is 11.1 Å². The average Bonchev–Trinajstić information content (AvgIpc) is 2.99. The van der Waals surface area contributed by atoms with E-state index in [9.17, 15) is 4.79 Å². The van der Waals surface area contributed by atoms with Crippen LogP contribution >= 0.6 is 0 Å². The molecule has 0 fully saturated rings. The molecule has 96 valence electrons. The molecule has 0 unspecified atom stereocenters. The summed E-state index contributed by atoms with van der Waals surface area (Å²) in [7, 11) is 0. The second-order valence-electron chi connectivity index (χ2n) is 4.04. The Hall–Kier alpha value is -3.04.